The molecule has 9 heteroatoms. The third kappa shape index (κ3) is 5.19. The number of nitrogens with one attached hydrogen (secondary N) is 1. The summed E-state index contributed by atoms with van der Waals surface area (Å²) in [5, 5.41) is 2.63. The van der Waals surface area contributed by atoms with E-state index in [0.717, 1.165) is 28.8 Å². The van der Waals surface area contributed by atoms with Crippen LogP contribution in [0.2, 0.25) is 0 Å². The molecule has 0 saturated carbocycles. The highest BCUT2D eigenvalue weighted by Gasteiger charge is 2.30. The van der Waals surface area contributed by atoms with Crippen LogP contribution in [0.3, 0.4) is 0 Å². The highest BCUT2D eigenvalue weighted by Crippen LogP contribution is 2.27. The highest BCUT2D eigenvalue weighted by molar-refractivity contribution is 7.92. The van der Waals surface area contributed by atoms with Crippen LogP contribution in [0.15, 0.2) is 42.5 Å². The van der Waals surface area contributed by atoms with Crippen molar-refractivity contribution in [1.29, 1.82) is 0 Å². The van der Waals surface area contributed by atoms with Gasteiger partial charge in [-0.2, -0.15) is 0 Å². The standard InChI is InChI=1S/C19H22F2N2O4S/c1-12(2)27-18-8-6-5-7-17(18)22-19(24)13(3)23(28(4,25)26)14-9-10-15(20)16(21)11-14/h5-13H,1-4H3,(H,22,24)/t13-/m0/s1. The van der Waals surface area contributed by atoms with Crippen LogP contribution in [0, 0.1) is 11.6 Å². The van der Waals surface area contributed by atoms with E-state index in [1.807, 2.05) is 13.8 Å². The van der Waals surface area contributed by atoms with Gasteiger partial charge in [0.15, 0.2) is 11.6 Å². The molecule has 6 nitrogen and oxygen atoms in total. The first kappa shape index (κ1) is 21.6. The molecule has 0 radical (unpaired) electrons. The van der Waals surface area contributed by atoms with E-state index in [2.05, 4.69) is 5.32 Å². The van der Waals surface area contributed by atoms with Crippen molar-refractivity contribution in [2.45, 2.75) is 32.9 Å². The van der Waals surface area contributed by atoms with Gasteiger partial charge in [0.25, 0.3) is 0 Å². The molecule has 152 valence electrons. The first-order valence-corrected chi connectivity index (χ1v) is 10.4. The van der Waals surface area contributed by atoms with Crippen molar-refractivity contribution in [1.82, 2.24) is 0 Å². The fraction of sp³-hybridized carbons (Fsp3) is 0.316. The summed E-state index contributed by atoms with van der Waals surface area (Å²) in [6.45, 7) is 5.01. The van der Waals surface area contributed by atoms with E-state index >= 15 is 0 Å². The summed E-state index contributed by atoms with van der Waals surface area (Å²) < 4.78 is 57.7. The monoisotopic (exact) mass is 412 g/mol. The molecule has 0 heterocycles. The summed E-state index contributed by atoms with van der Waals surface area (Å²) in [7, 11) is -3.96. The van der Waals surface area contributed by atoms with Crippen LogP contribution in [0.25, 0.3) is 0 Å². The Kier molecular flexibility index (Phi) is 6.60. The van der Waals surface area contributed by atoms with E-state index in [9.17, 15) is 22.0 Å². The number of nitrogens with zero attached hydrogens (tertiary/aromatic N) is 1. The summed E-state index contributed by atoms with van der Waals surface area (Å²) in [6, 6.07) is 8.12. The van der Waals surface area contributed by atoms with Crippen molar-refractivity contribution in [2.75, 3.05) is 15.9 Å². The first-order chi connectivity index (χ1) is 13.0. The Bertz CT molecular complexity index is 964. The maximum Gasteiger partial charge on any atom is 0.248 e. The quantitative estimate of drug-likeness (QED) is 0.755. The molecule has 0 aliphatic heterocycles. The molecular weight excluding hydrogens is 390 g/mol. The zero-order valence-corrected chi connectivity index (χ0v) is 16.8. The van der Waals surface area contributed by atoms with Crippen LogP contribution >= 0.6 is 0 Å². The van der Waals surface area contributed by atoms with Crippen LogP contribution in [0.4, 0.5) is 20.2 Å². The summed E-state index contributed by atoms with van der Waals surface area (Å²) in [5.41, 5.74) is 0.211. The SMILES string of the molecule is CC(C)Oc1ccccc1NC(=O)[C@H](C)N(c1ccc(F)c(F)c1)S(C)(=O)=O. The van der Waals surface area contributed by atoms with Crippen LogP contribution in [-0.4, -0.2) is 32.7 Å². The van der Waals surface area contributed by atoms with E-state index in [-0.39, 0.29) is 11.8 Å². The normalized spacial score (nSPS) is 12.5. The Balaban J connectivity index is 2.34. The summed E-state index contributed by atoms with van der Waals surface area (Å²) in [4.78, 5) is 12.7. The molecule has 1 amide bonds. The molecule has 2 rings (SSSR count). The number of anilines is 2. The maximum atomic E-state index is 13.6. The highest BCUT2D eigenvalue weighted by atomic mass is 32.2. The van der Waals surface area contributed by atoms with Gasteiger partial charge in [0.05, 0.1) is 23.7 Å². The van der Waals surface area contributed by atoms with Gasteiger partial charge in [-0.1, -0.05) is 12.1 Å². The number of hydrogen-bond donors (Lipinski definition) is 1. The van der Waals surface area contributed by atoms with Crippen LogP contribution < -0.4 is 14.4 Å². The molecule has 1 atom stereocenters. The molecule has 0 fully saturated rings. The van der Waals surface area contributed by atoms with E-state index < -0.39 is 33.6 Å². The molecule has 0 aliphatic carbocycles. The van der Waals surface area contributed by atoms with Crippen molar-refractivity contribution in [3.8, 4) is 5.75 Å². The van der Waals surface area contributed by atoms with Gasteiger partial charge < -0.3 is 10.1 Å². The van der Waals surface area contributed by atoms with Crippen LogP contribution in [-0.2, 0) is 14.8 Å². The molecule has 2 aromatic rings. The summed E-state index contributed by atoms with van der Waals surface area (Å²) in [6.07, 6.45) is 0.749. The molecule has 0 aliphatic rings. The Morgan fingerprint density at radius 1 is 1.07 bits per heavy atom. The molecule has 1 N–H and O–H groups in total. The number of carbonyl (C=O) groups excluding carboxylic acids is 1. The van der Waals surface area contributed by atoms with E-state index in [0.29, 0.717) is 11.4 Å². The van der Waals surface area contributed by atoms with Gasteiger partial charge in [0.1, 0.15) is 11.8 Å². The Morgan fingerprint density at radius 2 is 1.71 bits per heavy atom. The van der Waals surface area contributed by atoms with Gasteiger partial charge >= 0.3 is 0 Å². The van der Waals surface area contributed by atoms with Gasteiger partial charge in [-0.15, -0.1) is 0 Å². The van der Waals surface area contributed by atoms with E-state index in [1.165, 1.54) is 6.92 Å². The van der Waals surface area contributed by atoms with Crippen molar-refractivity contribution < 1.29 is 26.7 Å². The molecule has 28 heavy (non-hydrogen) atoms. The fourth-order valence-corrected chi connectivity index (χ4v) is 3.76. The molecule has 0 aromatic heterocycles. The zero-order chi connectivity index (χ0) is 21.1. The Labute approximate surface area is 163 Å². The number of para-hydroxylation sites is 2. The summed E-state index contributed by atoms with van der Waals surface area (Å²) in [5.74, 6) is -2.56. The minimum Gasteiger partial charge on any atom is -0.489 e. The molecule has 0 bridgehead atoms. The molecular formula is C19H22F2N2O4S. The molecule has 0 unspecified atom stereocenters. The minimum absolute atomic E-state index is 0.134. The average molecular weight is 412 g/mol. The second-order valence-electron chi connectivity index (χ2n) is 6.49. The number of ether oxygens (including phenoxy) is 1. The topological polar surface area (TPSA) is 75.7 Å². The number of hydrogen-bond acceptors (Lipinski definition) is 4. The maximum absolute atomic E-state index is 13.6. The predicted molar refractivity (Wildman–Crippen MR) is 104 cm³/mol. The van der Waals surface area contributed by atoms with Gasteiger partial charge in [0, 0.05) is 6.07 Å². The van der Waals surface area contributed by atoms with Crippen molar-refractivity contribution in [3.63, 3.8) is 0 Å². The lowest BCUT2D eigenvalue weighted by Crippen LogP contribution is -2.45. The zero-order valence-electron chi connectivity index (χ0n) is 15.9. The summed E-state index contributed by atoms with van der Waals surface area (Å²) >= 11 is 0. The predicted octanol–water partition coefficient (Wildman–Crippen LogP) is 3.55. The fourth-order valence-electron chi connectivity index (χ4n) is 2.59. The second kappa shape index (κ2) is 8.55. The Hall–Kier alpha value is -2.68. The molecule has 2 aromatic carbocycles. The number of halogens is 2. The van der Waals surface area contributed by atoms with Crippen molar-refractivity contribution in [2.24, 2.45) is 0 Å². The van der Waals surface area contributed by atoms with Gasteiger partial charge in [-0.05, 0) is 45.0 Å². The van der Waals surface area contributed by atoms with Crippen LogP contribution in [0.5, 0.6) is 5.75 Å². The third-order valence-electron chi connectivity index (χ3n) is 3.75. The van der Waals surface area contributed by atoms with Gasteiger partial charge in [-0.25, -0.2) is 17.2 Å². The molecule has 0 spiro atoms. The number of rotatable bonds is 7. The third-order valence-corrected chi connectivity index (χ3v) is 5.00. The van der Waals surface area contributed by atoms with E-state index in [1.54, 1.807) is 24.3 Å². The largest absolute Gasteiger partial charge is 0.489 e. The van der Waals surface area contributed by atoms with Crippen molar-refractivity contribution in [3.05, 3.63) is 54.1 Å². The van der Waals surface area contributed by atoms with Crippen molar-refractivity contribution >= 4 is 27.3 Å². The van der Waals surface area contributed by atoms with E-state index in [4.69, 9.17) is 4.74 Å². The average Bonchev–Trinajstić information content (AvgIpc) is 2.58. The van der Waals surface area contributed by atoms with Gasteiger partial charge in [0.2, 0.25) is 15.9 Å². The minimum atomic E-state index is -3.96. The number of sulfonamides is 1. The number of carbonyl (C=O) groups is 1. The number of benzene rings is 2. The smallest absolute Gasteiger partial charge is 0.248 e. The lowest BCUT2D eigenvalue weighted by molar-refractivity contribution is -0.116. The van der Waals surface area contributed by atoms with Crippen LogP contribution in [0.1, 0.15) is 20.8 Å². The lowest BCUT2D eigenvalue weighted by Gasteiger charge is -2.28. The first-order valence-electron chi connectivity index (χ1n) is 8.51. The number of amides is 1. The molecule has 0 saturated heterocycles. The Morgan fingerprint density at radius 3 is 2.29 bits per heavy atom. The van der Waals surface area contributed by atoms with Gasteiger partial charge in [-0.3, -0.25) is 9.10 Å². The lowest BCUT2D eigenvalue weighted by atomic mass is 10.2. The second-order valence-corrected chi connectivity index (χ2v) is 8.34.